The molecule has 2 rings (SSSR count). The van der Waals surface area contributed by atoms with E-state index in [1.807, 2.05) is 35.1 Å². The molecular formula is C14H18ClN3. The number of anilines is 1. The Morgan fingerprint density at radius 3 is 2.67 bits per heavy atom. The van der Waals surface area contributed by atoms with Gasteiger partial charge in [0.2, 0.25) is 0 Å². The van der Waals surface area contributed by atoms with E-state index in [4.69, 9.17) is 11.6 Å². The van der Waals surface area contributed by atoms with Gasteiger partial charge in [0.15, 0.2) is 0 Å². The van der Waals surface area contributed by atoms with Gasteiger partial charge in [0.05, 0.1) is 11.4 Å². The monoisotopic (exact) mass is 263 g/mol. The van der Waals surface area contributed by atoms with E-state index in [1.54, 1.807) is 6.20 Å². The van der Waals surface area contributed by atoms with Gasteiger partial charge in [-0.3, -0.25) is 0 Å². The maximum absolute atomic E-state index is 6.07. The fourth-order valence-corrected chi connectivity index (χ4v) is 1.82. The summed E-state index contributed by atoms with van der Waals surface area (Å²) in [5.74, 6) is 0.550. The van der Waals surface area contributed by atoms with Crippen molar-refractivity contribution in [3.63, 3.8) is 0 Å². The summed E-state index contributed by atoms with van der Waals surface area (Å²) in [6, 6.07) is 8.08. The molecule has 1 atom stereocenters. The van der Waals surface area contributed by atoms with Crippen molar-refractivity contribution in [3.8, 4) is 5.69 Å². The first-order valence-corrected chi connectivity index (χ1v) is 6.52. The molecular weight excluding hydrogens is 246 g/mol. The molecule has 0 aliphatic heterocycles. The molecule has 2 aromatic rings. The second kappa shape index (κ2) is 5.44. The van der Waals surface area contributed by atoms with Crippen LogP contribution in [0, 0.1) is 5.92 Å². The first-order valence-electron chi connectivity index (χ1n) is 6.14. The molecule has 4 heteroatoms. The predicted octanol–water partition coefficient (Wildman–Crippen LogP) is 3.98. The van der Waals surface area contributed by atoms with Crippen molar-refractivity contribution in [2.24, 2.45) is 5.92 Å². The second-order valence-electron chi connectivity index (χ2n) is 4.79. The van der Waals surface area contributed by atoms with Crippen LogP contribution in [0.15, 0.2) is 36.7 Å². The highest BCUT2D eigenvalue weighted by atomic mass is 35.5. The summed E-state index contributed by atoms with van der Waals surface area (Å²) in [6.07, 6.45) is 3.69. The largest absolute Gasteiger partial charge is 0.381 e. The van der Waals surface area contributed by atoms with Crippen LogP contribution < -0.4 is 5.32 Å². The van der Waals surface area contributed by atoms with Crippen LogP contribution in [0.3, 0.4) is 0 Å². The summed E-state index contributed by atoms with van der Waals surface area (Å²) in [5, 5.41) is 8.48. The summed E-state index contributed by atoms with van der Waals surface area (Å²) >= 11 is 6.07. The summed E-state index contributed by atoms with van der Waals surface area (Å²) in [7, 11) is 0. The minimum absolute atomic E-state index is 0.373. The van der Waals surface area contributed by atoms with Crippen LogP contribution in [0.1, 0.15) is 20.8 Å². The molecule has 0 aliphatic rings. The Bertz CT molecular complexity index is 506. The van der Waals surface area contributed by atoms with E-state index in [1.165, 1.54) is 0 Å². The SMILES string of the molecule is CC(C)C(C)Nc1cc(Cl)ccc1-n1cccn1. The molecule has 1 heterocycles. The number of aromatic nitrogens is 2. The van der Waals surface area contributed by atoms with E-state index in [0.29, 0.717) is 12.0 Å². The van der Waals surface area contributed by atoms with Gasteiger partial charge in [0.25, 0.3) is 0 Å². The van der Waals surface area contributed by atoms with Crippen LogP contribution in [0.2, 0.25) is 5.02 Å². The fourth-order valence-electron chi connectivity index (χ4n) is 1.65. The maximum atomic E-state index is 6.07. The lowest BCUT2D eigenvalue weighted by Crippen LogP contribution is -2.22. The van der Waals surface area contributed by atoms with E-state index in [-0.39, 0.29) is 0 Å². The van der Waals surface area contributed by atoms with Gasteiger partial charge in [0.1, 0.15) is 0 Å². The van der Waals surface area contributed by atoms with Gasteiger partial charge in [-0.1, -0.05) is 25.4 Å². The third kappa shape index (κ3) is 2.85. The molecule has 0 saturated heterocycles. The lowest BCUT2D eigenvalue weighted by Gasteiger charge is -2.21. The van der Waals surface area contributed by atoms with E-state index in [2.05, 4.69) is 31.2 Å². The molecule has 1 N–H and O–H groups in total. The van der Waals surface area contributed by atoms with Gasteiger partial charge in [-0.2, -0.15) is 5.10 Å². The van der Waals surface area contributed by atoms with Gasteiger partial charge in [-0.25, -0.2) is 4.68 Å². The summed E-state index contributed by atoms with van der Waals surface area (Å²) in [6.45, 7) is 6.55. The Kier molecular flexibility index (Phi) is 3.92. The highest BCUT2D eigenvalue weighted by molar-refractivity contribution is 6.31. The molecule has 0 saturated carbocycles. The van der Waals surface area contributed by atoms with Gasteiger partial charge in [-0.15, -0.1) is 0 Å². The highest BCUT2D eigenvalue weighted by Crippen LogP contribution is 2.25. The zero-order chi connectivity index (χ0) is 13.1. The Balaban J connectivity index is 2.35. The first-order chi connectivity index (χ1) is 8.58. The molecule has 0 amide bonds. The van der Waals surface area contributed by atoms with E-state index in [0.717, 1.165) is 16.4 Å². The molecule has 0 spiro atoms. The van der Waals surface area contributed by atoms with Crippen molar-refractivity contribution in [2.75, 3.05) is 5.32 Å². The van der Waals surface area contributed by atoms with Gasteiger partial charge in [0, 0.05) is 23.5 Å². The van der Waals surface area contributed by atoms with Crippen molar-refractivity contribution in [2.45, 2.75) is 26.8 Å². The zero-order valence-electron chi connectivity index (χ0n) is 10.9. The lowest BCUT2D eigenvalue weighted by molar-refractivity contribution is 0.559. The van der Waals surface area contributed by atoms with Crippen LogP contribution >= 0.6 is 11.6 Å². The smallest absolute Gasteiger partial charge is 0.0877 e. The lowest BCUT2D eigenvalue weighted by atomic mass is 10.1. The first kappa shape index (κ1) is 13.0. The van der Waals surface area contributed by atoms with Crippen molar-refractivity contribution in [1.29, 1.82) is 0 Å². The van der Waals surface area contributed by atoms with E-state index in [9.17, 15) is 0 Å². The number of nitrogens with one attached hydrogen (secondary N) is 1. The molecule has 1 aromatic carbocycles. The second-order valence-corrected chi connectivity index (χ2v) is 5.23. The Labute approximate surface area is 113 Å². The molecule has 1 aromatic heterocycles. The van der Waals surface area contributed by atoms with Crippen LogP contribution in [0.25, 0.3) is 5.69 Å². The third-order valence-electron chi connectivity index (χ3n) is 3.09. The number of hydrogen-bond donors (Lipinski definition) is 1. The maximum Gasteiger partial charge on any atom is 0.0877 e. The number of hydrogen-bond acceptors (Lipinski definition) is 2. The highest BCUT2D eigenvalue weighted by Gasteiger charge is 2.11. The molecule has 96 valence electrons. The van der Waals surface area contributed by atoms with E-state index >= 15 is 0 Å². The van der Waals surface area contributed by atoms with Gasteiger partial charge < -0.3 is 5.32 Å². The summed E-state index contributed by atoms with van der Waals surface area (Å²) < 4.78 is 1.84. The molecule has 1 unspecified atom stereocenters. The molecule has 0 fully saturated rings. The Hall–Kier alpha value is -1.48. The van der Waals surface area contributed by atoms with Crippen LogP contribution in [0.5, 0.6) is 0 Å². The van der Waals surface area contributed by atoms with Crippen molar-refractivity contribution < 1.29 is 0 Å². The van der Waals surface area contributed by atoms with Crippen molar-refractivity contribution >= 4 is 17.3 Å². The quantitative estimate of drug-likeness (QED) is 0.904. The summed E-state index contributed by atoms with van der Waals surface area (Å²) in [5.41, 5.74) is 2.02. The Morgan fingerprint density at radius 1 is 1.28 bits per heavy atom. The van der Waals surface area contributed by atoms with Gasteiger partial charge in [-0.05, 0) is 37.1 Å². The summed E-state index contributed by atoms with van der Waals surface area (Å²) in [4.78, 5) is 0. The zero-order valence-corrected chi connectivity index (χ0v) is 11.6. The van der Waals surface area contributed by atoms with Crippen LogP contribution in [0.4, 0.5) is 5.69 Å². The molecule has 0 aliphatic carbocycles. The Morgan fingerprint density at radius 2 is 2.06 bits per heavy atom. The number of rotatable bonds is 4. The van der Waals surface area contributed by atoms with Crippen molar-refractivity contribution in [3.05, 3.63) is 41.7 Å². The average Bonchev–Trinajstić information content (AvgIpc) is 2.82. The number of halogens is 1. The third-order valence-corrected chi connectivity index (χ3v) is 3.33. The van der Waals surface area contributed by atoms with Crippen LogP contribution in [-0.2, 0) is 0 Å². The topological polar surface area (TPSA) is 29.9 Å². The molecule has 3 nitrogen and oxygen atoms in total. The van der Waals surface area contributed by atoms with Crippen molar-refractivity contribution in [1.82, 2.24) is 9.78 Å². The van der Waals surface area contributed by atoms with E-state index < -0.39 is 0 Å². The fraction of sp³-hybridized carbons (Fsp3) is 0.357. The molecule has 0 bridgehead atoms. The minimum Gasteiger partial charge on any atom is -0.381 e. The number of nitrogens with zero attached hydrogens (tertiary/aromatic N) is 2. The molecule has 18 heavy (non-hydrogen) atoms. The minimum atomic E-state index is 0.373. The average molecular weight is 264 g/mol. The predicted molar refractivity (Wildman–Crippen MR) is 76.5 cm³/mol. The van der Waals surface area contributed by atoms with Crippen LogP contribution in [-0.4, -0.2) is 15.8 Å². The normalized spacial score (nSPS) is 12.7. The molecule has 0 radical (unpaired) electrons. The number of benzene rings is 1. The van der Waals surface area contributed by atoms with Gasteiger partial charge >= 0.3 is 0 Å². The standard InChI is InChI=1S/C14H18ClN3/c1-10(2)11(3)17-13-9-12(15)5-6-14(13)18-8-4-7-16-18/h4-11,17H,1-3H3.